The van der Waals surface area contributed by atoms with E-state index < -0.39 is 21.9 Å². The van der Waals surface area contributed by atoms with Crippen LogP contribution in [0, 0.1) is 12.3 Å². The Morgan fingerprint density at radius 1 is 1.21 bits per heavy atom. The SMILES string of the molecule is CCc1cnc(CN2CC3(C2)CN(S(=O)(=O)c2ccc(C(F)(F)F)nc2C)C3)[nH]1. The first-order valence-corrected chi connectivity index (χ1v) is 10.8. The highest BCUT2D eigenvalue weighted by Gasteiger charge is 2.55. The van der Waals surface area contributed by atoms with E-state index in [0.717, 1.165) is 37.1 Å². The molecule has 2 aliphatic heterocycles. The summed E-state index contributed by atoms with van der Waals surface area (Å²) in [5.74, 6) is 0.895. The molecule has 2 aromatic heterocycles. The Balaban J connectivity index is 1.37. The molecular weight excluding hydrogens is 407 g/mol. The third-order valence-corrected chi connectivity index (χ3v) is 7.45. The van der Waals surface area contributed by atoms with E-state index in [1.165, 1.54) is 11.2 Å². The zero-order valence-corrected chi connectivity index (χ0v) is 16.9. The lowest BCUT2D eigenvalue weighted by molar-refractivity contribution is -0.141. The summed E-state index contributed by atoms with van der Waals surface area (Å²) in [5.41, 5.74) is -0.231. The van der Waals surface area contributed by atoms with Gasteiger partial charge in [0, 0.05) is 43.5 Å². The molecule has 0 aliphatic carbocycles. The summed E-state index contributed by atoms with van der Waals surface area (Å²) >= 11 is 0. The van der Waals surface area contributed by atoms with Gasteiger partial charge in [-0.1, -0.05) is 6.92 Å². The predicted molar refractivity (Wildman–Crippen MR) is 98.4 cm³/mol. The summed E-state index contributed by atoms with van der Waals surface area (Å²) in [4.78, 5) is 13.1. The van der Waals surface area contributed by atoms with Crippen LogP contribution in [0.2, 0.25) is 0 Å². The van der Waals surface area contributed by atoms with Gasteiger partial charge in [-0.25, -0.2) is 18.4 Å². The lowest BCUT2D eigenvalue weighted by Crippen LogP contribution is -2.72. The molecule has 29 heavy (non-hydrogen) atoms. The number of rotatable bonds is 5. The Labute approximate surface area is 167 Å². The largest absolute Gasteiger partial charge is 0.433 e. The van der Waals surface area contributed by atoms with Crippen molar-refractivity contribution in [3.8, 4) is 0 Å². The minimum atomic E-state index is -4.60. The van der Waals surface area contributed by atoms with Crippen molar-refractivity contribution in [1.82, 2.24) is 24.2 Å². The van der Waals surface area contributed by atoms with Crippen molar-refractivity contribution in [2.75, 3.05) is 26.2 Å². The van der Waals surface area contributed by atoms with Crippen LogP contribution in [-0.4, -0.2) is 58.8 Å². The van der Waals surface area contributed by atoms with Crippen LogP contribution in [0.3, 0.4) is 0 Å². The van der Waals surface area contributed by atoms with Crippen LogP contribution in [0.4, 0.5) is 13.2 Å². The monoisotopic (exact) mass is 429 g/mol. The molecule has 0 aromatic carbocycles. The lowest BCUT2D eigenvalue weighted by atomic mass is 9.74. The van der Waals surface area contributed by atoms with Crippen molar-refractivity contribution in [2.24, 2.45) is 5.41 Å². The van der Waals surface area contributed by atoms with Crippen molar-refractivity contribution in [3.05, 3.63) is 41.2 Å². The molecule has 0 amide bonds. The van der Waals surface area contributed by atoms with Crippen molar-refractivity contribution in [1.29, 1.82) is 0 Å². The molecule has 2 saturated heterocycles. The molecule has 0 unspecified atom stereocenters. The molecular formula is C18H22F3N5O2S. The summed E-state index contributed by atoms with van der Waals surface area (Å²) < 4.78 is 65.2. The van der Waals surface area contributed by atoms with Gasteiger partial charge in [0.25, 0.3) is 0 Å². The number of sulfonamides is 1. The molecule has 2 aliphatic rings. The maximum atomic E-state index is 12.8. The van der Waals surface area contributed by atoms with Crippen LogP contribution in [0.25, 0.3) is 0 Å². The van der Waals surface area contributed by atoms with Crippen molar-refractivity contribution >= 4 is 10.0 Å². The van der Waals surface area contributed by atoms with Gasteiger partial charge < -0.3 is 4.98 Å². The molecule has 2 aromatic rings. The van der Waals surface area contributed by atoms with E-state index in [-0.39, 0.29) is 16.0 Å². The van der Waals surface area contributed by atoms with Crippen LogP contribution in [0.5, 0.6) is 0 Å². The number of aromatic nitrogens is 3. The number of likely N-dealkylation sites (tertiary alicyclic amines) is 1. The van der Waals surface area contributed by atoms with Crippen LogP contribution in [0.1, 0.15) is 29.8 Å². The topological polar surface area (TPSA) is 82.2 Å². The molecule has 1 N–H and O–H groups in total. The van der Waals surface area contributed by atoms with Gasteiger partial charge in [-0.15, -0.1) is 0 Å². The van der Waals surface area contributed by atoms with Gasteiger partial charge in [-0.2, -0.15) is 17.5 Å². The lowest BCUT2D eigenvalue weighted by Gasteiger charge is -2.59. The third kappa shape index (κ3) is 3.66. The number of imidazole rings is 1. The summed E-state index contributed by atoms with van der Waals surface area (Å²) in [7, 11) is -3.85. The second kappa shape index (κ2) is 6.78. The molecule has 0 saturated carbocycles. The Morgan fingerprint density at radius 3 is 2.45 bits per heavy atom. The fourth-order valence-electron chi connectivity index (χ4n) is 4.08. The molecule has 4 heterocycles. The average Bonchev–Trinajstić information content (AvgIpc) is 3.02. The second-order valence-electron chi connectivity index (χ2n) is 7.90. The van der Waals surface area contributed by atoms with E-state index in [1.54, 1.807) is 0 Å². The first-order valence-electron chi connectivity index (χ1n) is 9.32. The quantitative estimate of drug-likeness (QED) is 0.788. The van der Waals surface area contributed by atoms with Gasteiger partial charge in [0.15, 0.2) is 0 Å². The number of aryl methyl sites for hydroxylation is 2. The molecule has 4 rings (SSSR count). The predicted octanol–water partition coefficient (Wildman–Crippen LogP) is 2.20. The van der Waals surface area contributed by atoms with Crippen molar-refractivity contribution < 1.29 is 21.6 Å². The highest BCUT2D eigenvalue weighted by molar-refractivity contribution is 7.89. The zero-order valence-electron chi connectivity index (χ0n) is 16.1. The minimum Gasteiger partial charge on any atom is -0.345 e. The number of alkyl halides is 3. The molecule has 0 atom stereocenters. The fraction of sp³-hybridized carbons (Fsp3) is 0.556. The van der Waals surface area contributed by atoms with Gasteiger partial charge in [0.05, 0.1) is 12.2 Å². The number of nitrogens with zero attached hydrogens (tertiary/aromatic N) is 4. The van der Waals surface area contributed by atoms with Crippen molar-refractivity contribution in [3.63, 3.8) is 0 Å². The van der Waals surface area contributed by atoms with E-state index in [2.05, 4.69) is 19.9 Å². The molecule has 0 radical (unpaired) electrons. The molecule has 11 heteroatoms. The first-order chi connectivity index (χ1) is 13.5. The number of H-pyrrole nitrogens is 1. The maximum Gasteiger partial charge on any atom is 0.433 e. The summed E-state index contributed by atoms with van der Waals surface area (Å²) in [6.45, 7) is 6.30. The summed E-state index contributed by atoms with van der Waals surface area (Å²) in [6, 6.07) is 1.72. The fourth-order valence-corrected chi connectivity index (χ4v) is 5.91. The first kappa shape index (κ1) is 20.3. The normalized spacial score (nSPS) is 19.9. The molecule has 7 nitrogen and oxygen atoms in total. The molecule has 1 spiro atoms. The highest BCUT2D eigenvalue weighted by Crippen LogP contribution is 2.43. The summed E-state index contributed by atoms with van der Waals surface area (Å²) in [5, 5.41) is 0. The second-order valence-corrected chi connectivity index (χ2v) is 9.81. The van der Waals surface area contributed by atoms with E-state index >= 15 is 0 Å². The van der Waals surface area contributed by atoms with E-state index in [4.69, 9.17) is 0 Å². The number of hydrogen-bond acceptors (Lipinski definition) is 5. The van der Waals surface area contributed by atoms with Crippen LogP contribution >= 0.6 is 0 Å². The van der Waals surface area contributed by atoms with E-state index in [9.17, 15) is 21.6 Å². The maximum absolute atomic E-state index is 12.8. The third-order valence-electron chi connectivity index (χ3n) is 5.52. The van der Waals surface area contributed by atoms with Gasteiger partial charge in [-0.3, -0.25) is 4.90 Å². The molecule has 158 valence electrons. The standard InChI is InChI=1S/C18H22F3N5O2S/c1-3-13-6-22-16(24-13)7-25-8-17(9-25)10-26(11-17)29(27,28)14-4-5-15(18(19,20)21)23-12(14)2/h4-6H,3,7-11H2,1-2H3,(H,22,24). The van der Waals surface area contributed by atoms with E-state index in [1.807, 2.05) is 13.1 Å². The van der Waals surface area contributed by atoms with Gasteiger partial charge in [-0.05, 0) is 25.5 Å². The summed E-state index contributed by atoms with van der Waals surface area (Å²) in [6.07, 6.45) is -1.89. The molecule has 2 fully saturated rings. The van der Waals surface area contributed by atoms with Crippen LogP contribution < -0.4 is 0 Å². The number of hydrogen-bond donors (Lipinski definition) is 1. The molecule has 0 bridgehead atoms. The number of pyridine rings is 1. The van der Waals surface area contributed by atoms with Gasteiger partial charge >= 0.3 is 6.18 Å². The van der Waals surface area contributed by atoms with Gasteiger partial charge in [0.2, 0.25) is 10.0 Å². The smallest absolute Gasteiger partial charge is 0.345 e. The van der Waals surface area contributed by atoms with Gasteiger partial charge in [0.1, 0.15) is 16.4 Å². The number of nitrogens with one attached hydrogen (secondary N) is 1. The zero-order chi connectivity index (χ0) is 21.0. The average molecular weight is 429 g/mol. The van der Waals surface area contributed by atoms with Crippen LogP contribution in [0.15, 0.2) is 23.2 Å². The Bertz CT molecular complexity index is 1020. The minimum absolute atomic E-state index is 0.0828. The Morgan fingerprint density at radius 2 is 1.90 bits per heavy atom. The Kier molecular flexibility index (Phi) is 4.74. The van der Waals surface area contributed by atoms with Crippen molar-refractivity contribution in [2.45, 2.75) is 37.9 Å². The number of halogens is 3. The van der Waals surface area contributed by atoms with Crippen LogP contribution in [-0.2, 0) is 29.2 Å². The highest BCUT2D eigenvalue weighted by atomic mass is 32.2. The Hall–Kier alpha value is -1.98. The van der Waals surface area contributed by atoms with E-state index in [0.29, 0.717) is 25.7 Å². The number of aromatic amines is 1.